The summed E-state index contributed by atoms with van der Waals surface area (Å²) in [6.07, 6.45) is 0. The molecule has 0 saturated carbocycles. The van der Waals surface area contributed by atoms with E-state index in [2.05, 4.69) is 10.3 Å². The van der Waals surface area contributed by atoms with Gasteiger partial charge in [-0.3, -0.25) is 14.9 Å². The first-order valence-electron chi connectivity index (χ1n) is 10.1. The molecule has 5 rings (SSSR count). The molecule has 0 fully saturated rings. The molecule has 0 aliphatic rings. The molecule has 1 aromatic heterocycles. The van der Waals surface area contributed by atoms with Gasteiger partial charge in [0.15, 0.2) is 17.9 Å². The van der Waals surface area contributed by atoms with Gasteiger partial charge < -0.3 is 14.5 Å². The van der Waals surface area contributed by atoms with Crippen LogP contribution in [0.5, 0.6) is 5.75 Å². The molecule has 4 aromatic carbocycles. The Balaban J connectivity index is 1.40. The number of amides is 1. The first-order chi connectivity index (χ1) is 16.1. The lowest BCUT2D eigenvalue weighted by Crippen LogP contribution is -2.20. The van der Waals surface area contributed by atoms with Crippen LogP contribution in [0.1, 0.15) is 0 Å². The van der Waals surface area contributed by atoms with E-state index >= 15 is 0 Å². The molecule has 33 heavy (non-hydrogen) atoms. The van der Waals surface area contributed by atoms with E-state index in [9.17, 15) is 14.9 Å². The number of rotatable bonds is 6. The number of nitrogens with zero attached hydrogens (tertiary/aromatic N) is 2. The van der Waals surface area contributed by atoms with E-state index in [0.717, 1.165) is 16.3 Å². The lowest BCUT2D eigenvalue weighted by atomic mass is 10.1. The van der Waals surface area contributed by atoms with Gasteiger partial charge in [0.05, 0.1) is 16.2 Å². The van der Waals surface area contributed by atoms with Crippen molar-refractivity contribution in [1.82, 2.24) is 4.98 Å². The average molecular weight is 439 g/mol. The molecule has 0 saturated heterocycles. The van der Waals surface area contributed by atoms with Gasteiger partial charge in [0.2, 0.25) is 5.89 Å². The predicted octanol–water partition coefficient (Wildman–Crippen LogP) is 5.57. The number of nitro groups is 1. The minimum absolute atomic E-state index is 0.0248. The molecule has 0 aliphatic carbocycles. The van der Waals surface area contributed by atoms with Gasteiger partial charge in [-0.2, -0.15) is 0 Å². The molecule has 162 valence electrons. The maximum Gasteiger partial charge on any atom is 0.310 e. The maximum absolute atomic E-state index is 12.5. The van der Waals surface area contributed by atoms with Crippen LogP contribution in [0.15, 0.2) is 89.3 Å². The third-order valence-electron chi connectivity index (χ3n) is 5.14. The topological polar surface area (TPSA) is 108 Å². The summed E-state index contributed by atoms with van der Waals surface area (Å²) in [5.41, 5.74) is 2.28. The number of hydrogen-bond donors (Lipinski definition) is 1. The van der Waals surface area contributed by atoms with Crippen LogP contribution in [0.4, 0.5) is 11.4 Å². The number of nitrogens with one attached hydrogen (secondary N) is 1. The summed E-state index contributed by atoms with van der Waals surface area (Å²) in [5, 5.41) is 15.9. The van der Waals surface area contributed by atoms with E-state index < -0.39 is 17.4 Å². The number of ether oxygens (including phenoxy) is 1. The Labute approximate surface area is 187 Å². The highest BCUT2D eigenvalue weighted by molar-refractivity contribution is 6.04. The summed E-state index contributed by atoms with van der Waals surface area (Å²) in [6, 6.07) is 24.8. The molecule has 8 heteroatoms. The van der Waals surface area contributed by atoms with Crippen molar-refractivity contribution in [1.29, 1.82) is 0 Å². The van der Waals surface area contributed by atoms with Crippen molar-refractivity contribution < 1.29 is 18.9 Å². The number of fused-ring (bicyclic) bond motifs is 3. The van der Waals surface area contributed by atoms with E-state index in [0.29, 0.717) is 22.7 Å². The molecule has 1 amide bonds. The van der Waals surface area contributed by atoms with Gasteiger partial charge in [-0.1, -0.05) is 54.6 Å². The van der Waals surface area contributed by atoms with Gasteiger partial charge in [0.25, 0.3) is 5.91 Å². The number of benzene rings is 4. The minimum atomic E-state index is -0.556. The molecule has 8 nitrogen and oxygen atoms in total. The fourth-order valence-corrected chi connectivity index (χ4v) is 3.61. The Morgan fingerprint density at radius 2 is 1.73 bits per heavy atom. The minimum Gasteiger partial charge on any atom is -0.477 e. The summed E-state index contributed by atoms with van der Waals surface area (Å²) in [5.74, 6) is -0.0733. The van der Waals surface area contributed by atoms with Crippen LogP contribution in [0.3, 0.4) is 0 Å². The van der Waals surface area contributed by atoms with Crippen LogP contribution in [0, 0.1) is 10.1 Å². The van der Waals surface area contributed by atoms with E-state index in [1.54, 1.807) is 24.3 Å². The molecular weight excluding hydrogens is 422 g/mol. The fraction of sp³-hybridized carbons (Fsp3) is 0.0400. The smallest absolute Gasteiger partial charge is 0.310 e. The van der Waals surface area contributed by atoms with Crippen molar-refractivity contribution in [3.63, 3.8) is 0 Å². The van der Waals surface area contributed by atoms with Crippen LogP contribution in [0.25, 0.3) is 33.3 Å². The summed E-state index contributed by atoms with van der Waals surface area (Å²) < 4.78 is 11.4. The number of nitro benzene ring substituents is 1. The maximum atomic E-state index is 12.5. The van der Waals surface area contributed by atoms with Crippen molar-refractivity contribution in [2.24, 2.45) is 0 Å². The van der Waals surface area contributed by atoms with Crippen molar-refractivity contribution in [2.45, 2.75) is 0 Å². The first-order valence-corrected chi connectivity index (χ1v) is 10.1. The zero-order valence-electron chi connectivity index (χ0n) is 17.2. The number of oxazole rings is 1. The van der Waals surface area contributed by atoms with Gasteiger partial charge >= 0.3 is 5.69 Å². The Morgan fingerprint density at radius 1 is 0.970 bits per heavy atom. The van der Waals surface area contributed by atoms with Gasteiger partial charge in [-0.15, -0.1) is 0 Å². The molecule has 0 unspecified atom stereocenters. The Kier molecular flexibility index (Phi) is 5.16. The highest BCUT2D eigenvalue weighted by Gasteiger charge is 2.17. The molecule has 0 aliphatic heterocycles. The van der Waals surface area contributed by atoms with Crippen molar-refractivity contribution in [3.8, 4) is 17.2 Å². The van der Waals surface area contributed by atoms with Crippen LogP contribution >= 0.6 is 0 Å². The molecular formula is C25H17N3O5. The monoisotopic (exact) mass is 439 g/mol. The fourth-order valence-electron chi connectivity index (χ4n) is 3.61. The molecule has 0 bridgehead atoms. The second-order valence-electron chi connectivity index (χ2n) is 7.26. The lowest BCUT2D eigenvalue weighted by molar-refractivity contribution is -0.385. The number of carbonyl (C=O) groups excluding carboxylic acids is 1. The van der Waals surface area contributed by atoms with E-state index in [4.69, 9.17) is 9.15 Å². The van der Waals surface area contributed by atoms with Gasteiger partial charge in [0, 0.05) is 11.5 Å². The van der Waals surface area contributed by atoms with Crippen LogP contribution in [-0.2, 0) is 4.79 Å². The third kappa shape index (κ3) is 3.97. The summed E-state index contributed by atoms with van der Waals surface area (Å²) in [7, 11) is 0. The van der Waals surface area contributed by atoms with Gasteiger partial charge in [0.1, 0.15) is 5.52 Å². The third-order valence-corrected chi connectivity index (χ3v) is 5.14. The number of anilines is 1. The Bertz CT molecular complexity index is 1510. The van der Waals surface area contributed by atoms with Crippen molar-refractivity contribution >= 4 is 39.2 Å². The Hall–Kier alpha value is -4.72. The predicted molar refractivity (Wildman–Crippen MR) is 124 cm³/mol. The second-order valence-corrected chi connectivity index (χ2v) is 7.26. The standard InChI is InChI=1S/C25H17N3O5/c29-23(15-32-21-12-6-5-11-20(21)28(30)31)26-19-10-4-3-9-18(19)25-27-24-17-8-2-1-7-16(17)13-14-22(24)33-25/h1-14H,15H2,(H,26,29). The number of para-hydroxylation sites is 3. The molecule has 1 heterocycles. The number of aromatic nitrogens is 1. The van der Waals surface area contributed by atoms with Crippen LogP contribution in [0.2, 0.25) is 0 Å². The van der Waals surface area contributed by atoms with E-state index in [1.165, 1.54) is 18.2 Å². The largest absolute Gasteiger partial charge is 0.477 e. The summed E-state index contributed by atoms with van der Waals surface area (Å²) in [4.78, 5) is 27.8. The average Bonchev–Trinajstić information content (AvgIpc) is 3.28. The highest BCUT2D eigenvalue weighted by atomic mass is 16.6. The first kappa shape index (κ1) is 20.2. The normalized spacial score (nSPS) is 10.9. The molecule has 1 N–H and O–H groups in total. The Morgan fingerprint density at radius 3 is 2.61 bits per heavy atom. The SMILES string of the molecule is O=C(COc1ccccc1[N+](=O)[O-])Nc1ccccc1-c1nc2c(ccc3ccccc32)o1. The zero-order valence-corrected chi connectivity index (χ0v) is 17.2. The number of hydrogen-bond acceptors (Lipinski definition) is 6. The van der Waals surface area contributed by atoms with Gasteiger partial charge in [-0.05, 0) is 29.7 Å². The summed E-state index contributed by atoms with van der Waals surface area (Å²) >= 11 is 0. The van der Waals surface area contributed by atoms with Crippen LogP contribution < -0.4 is 10.1 Å². The molecule has 0 atom stereocenters. The van der Waals surface area contributed by atoms with Crippen LogP contribution in [-0.4, -0.2) is 22.4 Å². The quantitative estimate of drug-likeness (QED) is 0.274. The zero-order chi connectivity index (χ0) is 22.8. The number of carbonyl (C=O) groups is 1. The van der Waals surface area contributed by atoms with Crippen molar-refractivity contribution in [3.05, 3.63) is 95.0 Å². The highest BCUT2D eigenvalue weighted by Crippen LogP contribution is 2.33. The van der Waals surface area contributed by atoms with Crippen molar-refractivity contribution in [2.75, 3.05) is 11.9 Å². The van der Waals surface area contributed by atoms with E-state index in [1.807, 2.05) is 42.5 Å². The molecule has 5 aromatic rings. The molecule has 0 spiro atoms. The van der Waals surface area contributed by atoms with Gasteiger partial charge in [-0.25, -0.2) is 4.98 Å². The summed E-state index contributed by atoms with van der Waals surface area (Å²) in [6.45, 7) is -0.391. The second kappa shape index (κ2) is 8.43. The molecule has 0 radical (unpaired) electrons. The van der Waals surface area contributed by atoms with E-state index in [-0.39, 0.29) is 11.4 Å². The lowest BCUT2D eigenvalue weighted by Gasteiger charge is -2.10.